The third-order valence-corrected chi connectivity index (χ3v) is 21.9. The fourth-order valence-electron chi connectivity index (χ4n) is 11.7. The lowest BCUT2D eigenvalue weighted by Crippen LogP contribution is -2.46. The molecule has 3 aromatic rings. The van der Waals surface area contributed by atoms with Gasteiger partial charge < -0.3 is 9.80 Å². The van der Waals surface area contributed by atoms with Gasteiger partial charge in [-0.3, -0.25) is 0 Å². The summed E-state index contributed by atoms with van der Waals surface area (Å²) in [5.41, 5.74) is 12.5. The van der Waals surface area contributed by atoms with Gasteiger partial charge in [-0.15, -0.1) is 23.2 Å². The fraction of sp³-hybridized carbons (Fsp3) is 0.596. The van der Waals surface area contributed by atoms with Crippen molar-refractivity contribution in [1.82, 2.24) is 0 Å². The monoisotopic (exact) mass is 826 g/mol. The van der Waals surface area contributed by atoms with E-state index in [1.54, 1.807) is 0 Å². The second-order valence-corrected chi connectivity index (χ2v) is 24.9. The lowest BCUT2D eigenvalue weighted by atomic mass is 9.89. The molecular weight excluding hydrogens is 754 g/mol. The summed E-state index contributed by atoms with van der Waals surface area (Å²) < 4.78 is -0.538. The number of allylic oxidation sites excluding steroid dienone is 1. The number of hydrogen-bond acceptors (Lipinski definition) is 2. The molecule has 5 heteroatoms. The Morgan fingerprint density at radius 2 is 0.982 bits per heavy atom. The van der Waals surface area contributed by atoms with Gasteiger partial charge in [-0.05, 0) is 108 Å². The largest absolute Gasteiger partial charge is 0.325 e. The van der Waals surface area contributed by atoms with Crippen molar-refractivity contribution in [2.75, 3.05) is 22.9 Å². The van der Waals surface area contributed by atoms with Gasteiger partial charge in [-0.25, -0.2) is 0 Å². The first-order valence-corrected chi connectivity index (χ1v) is 25.9. The number of anilines is 2. The maximum Gasteiger partial charge on any atom is 0.116 e. The summed E-state index contributed by atoms with van der Waals surface area (Å²) in [6.45, 7) is 18.7. The molecule has 0 radical (unpaired) electrons. The van der Waals surface area contributed by atoms with E-state index >= 15 is 0 Å². The van der Waals surface area contributed by atoms with Crippen LogP contribution in [0.5, 0.6) is 0 Å². The van der Waals surface area contributed by atoms with Crippen LogP contribution in [0.4, 0.5) is 11.4 Å². The van der Waals surface area contributed by atoms with Crippen molar-refractivity contribution in [3.8, 4) is 0 Å². The van der Waals surface area contributed by atoms with Gasteiger partial charge in [0, 0.05) is 30.0 Å². The second kappa shape index (κ2) is 18.2. The van der Waals surface area contributed by atoms with Crippen molar-refractivity contribution in [2.24, 2.45) is 0 Å². The van der Waals surface area contributed by atoms with E-state index in [2.05, 4.69) is 138 Å². The standard InChI is InChI=1S/C52H73Cl2N2P/c1-36(2)43-27-18-28-44(37(3)4)49(43)55-33-34-56(50-45(38(5)6)29-19-30-46(50)39(7)8)51(55)48-47(53)31-20-32-52(48,54)57(41-23-14-10-15-24-41,42-25-16-11-17-26-42)35-40-21-12-9-13-22-40/h9,12-13,18-19,21-22,27-30,35-39,41-42,47H,10-11,14-17,20,23-26,31-34H2,1-8H3. The highest BCUT2D eigenvalue weighted by Gasteiger charge is 2.57. The molecule has 2 atom stereocenters. The number of hydrogen-bond donors (Lipinski definition) is 0. The Hall–Kier alpha value is -2.12. The smallest absolute Gasteiger partial charge is 0.116 e. The van der Waals surface area contributed by atoms with Crippen molar-refractivity contribution in [2.45, 2.75) is 184 Å². The zero-order valence-corrected chi connectivity index (χ0v) is 39.1. The van der Waals surface area contributed by atoms with Crippen molar-refractivity contribution in [1.29, 1.82) is 0 Å². The van der Waals surface area contributed by atoms with Gasteiger partial charge in [-0.1, -0.05) is 173 Å². The molecule has 1 heterocycles. The molecule has 0 N–H and O–H groups in total. The van der Waals surface area contributed by atoms with Crippen LogP contribution in [-0.2, 0) is 0 Å². The Labute approximate surface area is 358 Å². The second-order valence-electron chi connectivity index (χ2n) is 19.3. The summed E-state index contributed by atoms with van der Waals surface area (Å²) in [4.78, 5) is 5.55. The minimum absolute atomic E-state index is 0.132. The van der Waals surface area contributed by atoms with Gasteiger partial charge in [0.1, 0.15) is 5.82 Å². The first-order valence-electron chi connectivity index (χ1n) is 23.1. The SMILES string of the molecule is CC(C)c1cccc(C(C)C)c1N1CCN(c2c(C(C)C)cccc2C(C)C)C1=C1C(Cl)CCCC1(Cl)P(=Cc1ccccc1)(C1CCCCC1)C1CCCCC1. The van der Waals surface area contributed by atoms with E-state index in [-0.39, 0.29) is 5.38 Å². The molecule has 310 valence electrons. The van der Waals surface area contributed by atoms with Gasteiger partial charge in [0.2, 0.25) is 0 Å². The molecule has 7 rings (SSSR count). The number of halogens is 2. The Kier molecular flexibility index (Phi) is 13.8. The van der Waals surface area contributed by atoms with E-state index in [0.29, 0.717) is 35.0 Å². The number of para-hydroxylation sites is 2. The van der Waals surface area contributed by atoms with Gasteiger partial charge in [-0.2, -0.15) is 0 Å². The van der Waals surface area contributed by atoms with Crippen LogP contribution in [0.15, 0.2) is 78.1 Å². The lowest BCUT2D eigenvalue weighted by molar-refractivity contribution is 0.469. The average Bonchev–Trinajstić information content (AvgIpc) is 3.63. The zero-order valence-electron chi connectivity index (χ0n) is 36.7. The first-order chi connectivity index (χ1) is 27.4. The molecule has 0 amide bonds. The molecule has 0 bridgehead atoms. The Morgan fingerprint density at radius 3 is 1.39 bits per heavy atom. The number of nitrogens with zero attached hydrogens (tertiary/aromatic N) is 2. The van der Waals surface area contributed by atoms with Crippen LogP contribution in [0.3, 0.4) is 0 Å². The van der Waals surface area contributed by atoms with Crippen molar-refractivity contribution in [3.05, 3.63) is 106 Å². The van der Waals surface area contributed by atoms with E-state index in [1.807, 2.05) is 0 Å². The van der Waals surface area contributed by atoms with E-state index in [4.69, 9.17) is 11.6 Å². The molecule has 57 heavy (non-hydrogen) atoms. The van der Waals surface area contributed by atoms with Gasteiger partial charge in [0.15, 0.2) is 0 Å². The van der Waals surface area contributed by atoms with Gasteiger partial charge in [0.05, 0.1) is 9.99 Å². The molecular formula is C52H73Cl2N2P. The molecule has 2 nitrogen and oxygen atoms in total. The Bertz CT molecular complexity index is 1770. The van der Waals surface area contributed by atoms with Crippen LogP contribution in [0.1, 0.15) is 190 Å². The third kappa shape index (κ3) is 8.09. The summed E-state index contributed by atoms with van der Waals surface area (Å²) in [5, 5.41) is -0.132. The predicted octanol–water partition coefficient (Wildman–Crippen LogP) is 16.0. The predicted molar refractivity (Wildman–Crippen MR) is 255 cm³/mol. The molecule has 1 saturated heterocycles. The molecule has 3 aliphatic carbocycles. The molecule has 0 aromatic heterocycles. The topological polar surface area (TPSA) is 6.48 Å². The van der Waals surface area contributed by atoms with Crippen LogP contribution < -0.4 is 9.80 Å². The van der Waals surface area contributed by atoms with Gasteiger partial charge >= 0.3 is 0 Å². The van der Waals surface area contributed by atoms with Crippen LogP contribution in [0, 0.1) is 0 Å². The number of alkyl halides is 2. The van der Waals surface area contributed by atoms with Crippen LogP contribution >= 0.6 is 30.1 Å². The van der Waals surface area contributed by atoms with E-state index in [1.165, 1.54) is 115 Å². The maximum atomic E-state index is 9.19. The third-order valence-electron chi connectivity index (χ3n) is 14.3. The minimum atomic E-state index is -2.12. The summed E-state index contributed by atoms with van der Waals surface area (Å²) in [7, 11) is 0. The highest BCUT2D eigenvalue weighted by molar-refractivity contribution is 7.79. The summed E-state index contributed by atoms with van der Waals surface area (Å²) >= 11 is 17.3. The van der Waals surface area contributed by atoms with Crippen molar-refractivity contribution >= 4 is 47.3 Å². The summed E-state index contributed by atoms with van der Waals surface area (Å²) in [6.07, 6.45) is 16.2. The average molecular weight is 828 g/mol. The van der Waals surface area contributed by atoms with Crippen molar-refractivity contribution < 1.29 is 0 Å². The van der Waals surface area contributed by atoms with Crippen LogP contribution in [0.25, 0.3) is 0 Å². The zero-order chi connectivity index (χ0) is 40.5. The Morgan fingerprint density at radius 1 is 0.561 bits per heavy atom. The summed E-state index contributed by atoms with van der Waals surface area (Å²) in [5.74, 6) is 5.73. The van der Waals surface area contributed by atoms with E-state index < -0.39 is 11.5 Å². The lowest BCUT2D eigenvalue weighted by Gasteiger charge is -2.57. The highest BCUT2D eigenvalue weighted by atomic mass is 35.5. The van der Waals surface area contributed by atoms with Crippen molar-refractivity contribution in [3.63, 3.8) is 0 Å². The first kappa shape index (κ1) is 43.0. The van der Waals surface area contributed by atoms with E-state index in [0.717, 1.165) is 32.4 Å². The molecule has 3 saturated carbocycles. The number of rotatable bonds is 10. The van der Waals surface area contributed by atoms with Crippen LogP contribution in [-0.4, -0.2) is 40.2 Å². The molecule has 3 aromatic carbocycles. The van der Waals surface area contributed by atoms with E-state index in [9.17, 15) is 11.6 Å². The molecule has 0 spiro atoms. The minimum Gasteiger partial charge on any atom is -0.325 e. The summed E-state index contributed by atoms with van der Waals surface area (Å²) in [6, 6.07) is 25.6. The molecule has 1 aliphatic heterocycles. The van der Waals surface area contributed by atoms with Gasteiger partial charge in [0.25, 0.3) is 0 Å². The van der Waals surface area contributed by atoms with Crippen LogP contribution in [0.2, 0.25) is 0 Å². The molecule has 4 fully saturated rings. The molecule has 2 unspecified atom stereocenters. The maximum absolute atomic E-state index is 9.19. The number of benzene rings is 3. The highest BCUT2D eigenvalue weighted by Crippen LogP contribution is 2.78. The molecule has 4 aliphatic rings. The Balaban J connectivity index is 1.64. The fourth-order valence-corrected chi connectivity index (χ4v) is 20.3. The normalized spacial score (nSPS) is 23.2. The quantitative estimate of drug-likeness (QED) is 0.148.